The van der Waals surface area contributed by atoms with Crippen LogP contribution in [0.5, 0.6) is 5.88 Å². The van der Waals surface area contributed by atoms with Crippen molar-refractivity contribution in [1.29, 1.82) is 0 Å². The van der Waals surface area contributed by atoms with Crippen LogP contribution < -0.4 is 15.8 Å². The molecule has 0 radical (unpaired) electrons. The van der Waals surface area contributed by atoms with E-state index in [0.717, 1.165) is 17.7 Å². The molecule has 0 saturated heterocycles. The van der Waals surface area contributed by atoms with Gasteiger partial charge in [0.05, 0.1) is 13.7 Å². The predicted molar refractivity (Wildman–Crippen MR) is 88.2 cm³/mol. The van der Waals surface area contributed by atoms with E-state index in [1.54, 1.807) is 13.3 Å². The molecule has 0 amide bonds. The van der Waals surface area contributed by atoms with E-state index in [-0.39, 0.29) is 0 Å². The van der Waals surface area contributed by atoms with Crippen molar-refractivity contribution >= 4 is 11.6 Å². The number of methoxy groups -OCH3 is 1. The van der Waals surface area contributed by atoms with Gasteiger partial charge in [-0.25, -0.2) is 9.98 Å². The molecule has 1 aliphatic carbocycles. The zero-order valence-corrected chi connectivity index (χ0v) is 12.7. The van der Waals surface area contributed by atoms with Crippen LogP contribution in [0.25, 0.3) is 0 Å². The second-order valence-corrected chi connectivity index (χ2v) is 5.34. The molecule has 3 rings (SSSR count). The number of hydrogen-bond acceptors (Lipinski definition) is 3. The number of benzene rings is 1. The third-order valence-electron chi connectivity index (χ3n) is 3.83. The molecule has 0 unspecified atom stereocenters. The standard InChI is InChI=1S/C17H20N4O/c1-22-16-14(6-3-9-19-16)11-20-17(18)21-15-8-7-12-4-2-5-13(12)10-15/h3,6-10H,2,4-5,11H2,1H3,(H3,18,20,21). The van der Waals surface area contributed by atoms with Crippen LogP contribution in [0.1, 0.15) is 23.1 Å². The molecule has 5 nitrogen and oxygen atoms in total. The summed E-state index contributed by atoms with van der Waals surface area (Å²) >= 11 is 0. The van der Waals surface area contributed by atoms with Crippen LogP contribution >= 0.6 is 0 Å². The molecule has 0 spiro atoms. The molecule has 1 aliphatic rings. The molecule has 1 aromatic heterocycles. The van der Waals surface area contributed by atoms with Gasteiger partial charge in [-0.15, -0.1) is 0 Å². The zero-order chi connectivity index (χ0) is 15.4. The van der Waals surface area contributed by atoms with E-state index in [1.165, 1.54) is 24.0 Å². The van der Waals surface area contributed by atoms with Gasteiger partial charge in [0.2, 0.25) is 5.88 Å². The number of guanidine groups is 1. The van der Waals surface area contributed by atoms with Gasteiger partial charge in [-0.3, -0.25) is 0 Å². The van der Waals surface area contributed by atoms with Gasteiger partial charge < -0.3 is 15.8 Å². The first-order chi connectivity index (χ1) is 10.8. The minimum absolute atomic E-state index is 0.392. The highest BCUT2D eigenvalue weighted by Gasteiger charge is 2.11. The number of fused-ring (bicyclic) bond motifs is 1. The third kappa shape index (κ3) is 3.19. The number of aromatic nitrogens is 1. The Labute approximate surface area is 130 Å². The first-order valence-electron chi connectivity index (χ1n) is 7.43. The number of nitrogens with two attached hydrogens (primary N) is 1. The summed E-state index contributed by atoms with van der Waals surface area (Å²) < 4.78 is 5.20. The summed E-state index contributed by atoms with van der Waals surface area (Å²) in [4.78, 5) is 8.50. The van der Waals surface area contributed by atoms with Gasteiger partial charge in [0.1, 0.15) is 0 Å². The van der Waals surface area contributed by atoms with E-state index in [2.05, 4.69) is 33.5 Å². The summed E-state index contributed by atoms with van der Waals surface area (Å²) in [6.45, 7) is 0.431. The Hall–Kier alpha value is -2.56. The van der Waals surface area contributed by atoms with Gasteiger partial charge in [-0.2, -0.15) is 0 Å². The van der Waals surface area contributed by atoms with E-state index >= 15 is 0 Å². The average Bonchev–Trinajstić information content (AvgIpc) is 3.01. The zero-order valence-electron chi connectivity index (χ0n) is 12.7. The number of aryl methyl sites for hydroxylation is 2. The SMILES string of the molecule is COc1ncccc1CN=C(N)Nc1ccc2c(c1)CCC2. The van der Waals surface area contributed by atoms with Gasteiger partial charge in [0.15, 0.2) is 5.96 Å². The number of ether oxygens (including phenoxy) is 1. The van der Waals surface area contributed by atoms with E-state index in [9.17, 15) is 0 Å². The molecule has 1 aromatic carbocycles. The fourth-order valence-corrected chi connectivity index (χ4v) is 2.74. The molecule has 114 valence electrons. The van der Waals surface area contributed by atoms with Gasteiger partial charge in [0.25, 0.3) is 0 Å². The van der Waals surface area contributed by atoms with Crippen molar-refractivity contribution in [3.63, 3.8) is 0 Å². The number of rotatable bonds is 4. The van der Waals surface area contributed by atoms with Crippen molar-refractivity contribution in [2.24, 2.45) is 10.7 Å². The van der Waals surface area contributed by atoms with E-state index in [1.807, 2.05) is 12.1 Å². The van der Waals surface area contributed by atoms with Crippen molar-refractivity contribution in [3.05, 3.63) is 53.2 Å². The van der Waals surface area contributed by atoms with E-state index < -0.39 is 0 Å². The van der Waals surface area contributed by atoms with Crippen LogP contribution in [0.3, 0.4) is 0 Å². The Morgan fingerprint density at radius 3 is 3.05 bits per heavy atom. The minimum Gasteiger partial charge on any atom is -0.481 e. The average molecular weight is 296 g/mol. The summed E-state index contributed by atoms with van der Waals surface area (Å²) in [5, 5.41) is 3.15. The van der Waals surface area contributed by atoms with Gasteiger partial charge in [0, 0.05) is 17.4 Å². The number of hydrogen-bond donors (Lipinski definition) is 2. The predicted octanol–water partition coefficient (Wildman–Crippen LogP) is 2.51. The Kier molecular flexibility index (Phi) is 4.23. The van der Waals surface area contributed by atoms with Crippen molar-refractivity contribution in [2.75, 3.05) is 12.4 Å². The quantitative estimate of drug-likeness (QED) is 0.671. The molecule has 0 aliphatic heterocycles. The lowest BCUT2D eigenvalue weighted by Crippen LogP contribution is -2.22. The molecule has 1 heterocycles. The smallest absolute Gasteiger partial charge is 0.218 e. The number of nitrogens with zero attached hydrogens (tertiary/aromatic N) is 2. The van der Waals surface area contributed by atoms with Crippen molar-refractivity contribution in [2.45, 2.75) is 25.8 Å². The Bertz CT molecular complexity index is 697. The maximum absolute atomic E-state index is 5.97. The Morgan fingerprint density at radius 2 is 2.18 bits per heavy atom. The Balaban J connectivity index is 1.67. The van der Waals surface area contributed by atoms with Crippen LogP contribution in [-0.4, -0.2) is 18.1 Å². The minimum atomic E-state index is 0.392. The lowest BCUT2D eigenvalue weighted by molar-refractivity contribution is 0.392. The molecule has 0 bridgehead atoms. The molecular weight excluding hydrogens is 276 g/mol. The van der Waals surface area contributed by atoms with Crippen LogP contribution in [0.2, 0.25) is 0 Å². The largest absolute Gasteiger partial charge is 0.481 e. The molecule has 5 heteroatoms. The monoisotopic (exact) mass is 296 g/mol. The summed E-state index contributed by atoms with van der Waals surface area (Å²) in [5.41, 5.74) is 10.7. The van der Waals surface area contributed by atoms with Crippen LogP contribution in [0, 0.1) is 0 Å². The van der Waals surface area contributed by atoms with Gasteiger partial charge >= 0.3 is 0 Å². The molecule has 3 N–H and O–H groups in total. The highest BCUT2D eigenvalue weighted by Crippen LogP contribution is 2.24. The maximum Gasteiger partial charge on any atom is 0.218 e. The van der Waals surface area contributed by atoms with E-state index in [0.29, 0.717) is 18.4 Å². The number of pyridine rings is 1. The topological polar surface area (TPSA) is 72.5 Å². The molecular formula is C17H20N4O. The van der Waals surface area contributed by atoms with Crippen LogP contribution in [0.4, 0.5) is 5.69 Å². The molecule has 22 heavy (non-hydrogen) atoms. The van der Waals surface area contributed by atoms with Crippen molar-refractivity contribution < 1.29 is 4.74 Å². The van der Waals surface area contributed by atoms with Gasteiger partial charge in [-0.05, 0) is 48.6 Å². The third-order valence-corrected chi connectivity index (χ3v) is 3.83. The molecule has 0 saturated carbocycles. The second kappa shape index (κ2) is 6.47. The summed E-state index contributed by atoms with van der Waals surface area (Å²) in [7, 11) is 1.60. The summed E-state index contributed by atoms with van der Waals surface area (Å²) in [6, 6.07) is 10.2. The van der Waals surface area contributed by atoms with Crippen LogP contribution in [-0.2, 0) is 19.4 Å². The Morgan fingerprint density at radius 1 is 1.32 bits per heavy atom. The highest BCUT2D eigenvalue weighted by atomic mass is 16.5. The lowest BCUT2D eigenvalue weighted by Gasteiger charge is -2.08. The van der Waals surface area contributed by atoms with Crippen LogP contribution in [0.15, 0.2) is 41.5 Å². The van der Waals surface area contributed by atoms with Crippen molar-refractivity contribution in [1.82, 2.24) is 4.98 Å². The highest BCUT2D eigenvalue weighted by molar-refractivity contribution is 5.92. The van der Waals surface area contributed by atoms with Crippen molar-refractivity contribution in [3.8, 4) is 5.88 Å². The second-order valence-electron chi connectivity index (χ2n) is 5.34. The molecule has 0 atom stereocenters. The van der Waals surface area contributed by atoms with Gasteiger partial charge in [-0.1, -0.05) is 12.1 Å². The fraction of sp³-hybridized carbons (Fsp3) is 0.294. The number of anilines is 1. The molecule has 0 fully saturated rings. The molecule has 2 aromatic rings. The summed E-state index contributed by atoms with van der Waals surface area (Å²) in [5.74, 6) is 0.973. The normalized spacial score (nSPS) is 13.8. The first kappa shape index (κ1) is 14.4. The first-order valence-corrected chi connectivity index (χ1v) is 7.43. The maximum atomic E-state index is 5.97. The number of nitrogens with one attached hydrogen (secondary N) is 1. The lowest BCUT2D eigenvalue weighted by atomic mass is 10.1. The van der Waals surface area contributed by atoms with E-state index in [4.69, 9.17) is 10.5 Å². The fourth-order valence-electron chi connectivity index (χ4n) is 2.74. The summed E-state index contributed by atoms with van der Waals surface area (Å²) in [6.07, 6.45) is 5.26. The number of aliphatic imine (C=N–C) groups is 1.